The molecule has 9 nitrogen and oxygen atoms in total. The third kappa shape index (κ3) is 8.70. The summed E-state index contributed by atoms with van der Waals surface area (Å²) in [5.74, 6) is 0. The first-order valence-corrected chi connectivity index (χ1v) is 23.9. The molecule has 0 aliphatic carbocycles. The average Bonchev–Trinajstić information content (AvgIpc) is 2.76. The number of nitrogens with zero attached hydrogens (tertiary/aromatic N) is 3. The maximum absolute atomic E-state index is 6.05. The third-order valence-corrected chi connectivity index (χ3v) is 19.3. The zero-order chi connectivity index (χ0) is 26.5. The fraction of sp³-hybridized carbons (Fsp3) is 0.833. The van der Waals surface area contributed by atoms with Crippen LogP contribution in [0.5, 0.6) is 0 Å². The monoisotopic (exact) mass is 671 g/mol. The zero-order valence-corrected chi connectivity index (χ0v) is 28.7. The van der Waals surface area contributed by atoms with Gasteiger partial charge in [-0.1, -0.05) is 0 Å². The van der Waals surface area contributed by atoms with Crippen molar-refractivity contribution in [2.45, 2.75) is 57.0 Å². The summed E-state index contributed by atoms with van der Waals surface area (Å²) in [5.41, 5.74) is -5.63. The van der Waals surface area contributed by atoms with Crippen molar-refractivity contribution >= 4 is 87.5 Å². The van der Waals surface area contributed by atoms with Crippen molar-refractivity contribution in [1.29, 1.82) is 0 Å². The van der Waals surface area contributed by atoms with Crippen LogP contribution in [0.3, 0.4) is 0 Å². The van der Waals surface area contributed by atoms with Crippen LogP contribution in [0.1, 0.15) is 41.5 Å². The Balaban J connectivity index is 1.57. The molecule has 0 bridgehead atoms. The quantitative estimate of drug-likeness (QED) is 0.245. The Morgan fingerprint density at radius 2 is 1.00 bits per heavy atom. The van der Waals surface area contributed by atoms with Crippen LogP contribution in [-0.2, 0) is 50.8 Å². The topological polar surface area (TPSA) is 94.1 Å². The molecule has 206 valence electrons. The van der Waals surface area contributed by atoms with Gasteiger partial charge in [-0.2, -0.15) is 0 Å². The van der Waals surface area contributed by atoms with E-state index in [-0.39, 0.29) is 16.2 Å². The van der Waals surface area contributed by atoms with Gasteiger partial charge in [-0.15, -0.1) is 0 Å². The summed E-state index contributed by atoms with van der Waals surface area (Å²) in [5, 5.41) is 1.19. The predicted octanol–water partition coefficient (Wildman–Crippen LogP) is 7.16. The van der Waals surface area contributed by atoms with E-state index in [4.69, 9.17) is 63.0 Å². The molecule has 1 aromatic heterocycles. The number of hydrogen-bond donors (Lipinski definition) is 1. The molecule has 3 aliphatic heterocycles. The summed E-state index contributed by atoms with van der Waals surface area (Å²) < 4.78 is 36.0. The van der Waals surface area contributed by atoms with Gasteiger partial charge in [0.2, 0.25) is 0 Å². The minimum atomic E-state index is -2.91. The van der Waals surface area contributed by atoms with Gasteiger partial charge in [0.05, 0.1) is 0 Å². The van der Waals surface area contributed by atoms with E-state index < -0.39 is 17.5 Å². The van der Waals surface area contributed by atoms with Crippen LogP contribution in [0.4, 0.5) is 0 Å². The van der Waals surface area contributed by atoms with Gasteiger partial charge in [-0.3, -0.25) is 0 Å². The molecule has 1 aromatic rings. The average molecular weight is 672 g/mol. The van der Waals surface area contributed by atoms with E-state index in [1.807, 2.05) is 0 Å². The van der Waals surface area contributed by atoms with Crippen molar-refractivity contribution < 1.29 is 27.1 Å². The first-order chi connectivity index (χ1) is 16.5. The Kier molecular flexibility index (Phi) is 9.68. The number of rotatable bonds is 6. The van der Waals surface area contributed by atoms with Crippen LogP contribution in [-0.4, -0.2) is 54.6 Å². The van der Waals surface area contributed by atoms with Crippen LogP contribution in [0.2, 0.25) is 0 Å². The SMILES string of the molecule is CC1(C)COP(=S)(Sc2nc(SP3(=S)OCC(C)(C)CO3)nc(S[PH]3(S)OCC(C)(C)CO3)n2)OC1. The van der Waals surface area contributed by atoms with Gasteiger partial charge in [0.15, 0.2) is 0 Å². The molecule has 0 radical (unpaired) electrons. The van der Waals surface area contributed by atoms with Crippen LogP contribution in [0.15, 0.2) is 15.5 Å². The van der Waals surface area contributed by atoms with E-state index in [9.17, 15) is 0 Å². The number of hydrogen-bond acceptors (Lipinski definition) is 15. The minimum absolute atomic E-state index is 0.0772. The molecule has 3 aliphatic rings. The first-order valence-electron chi connectivity index (χ1n) is 11.1. The molecule has 0 saturated carbocycles. The van der Waals surface area contributed by atoms with Gasteiger partial charge >= 0.3 is 243 Å². The van der Waals surface area contributed by atoms with Crippen molar-refractivity contribution in [3.8, 4) is 0 Å². The fourth-order valence-corrected chi connectivity index (χ4v) is 15.7. The Labute approximate surface area is 241 Å². The second-order valence-electron chi connectivity index (χ2n) is 11.0. The third-order valence-electron chi connectivity index (χ3n) is 4.93. The summed E-state index contributed by atoms with van der Waals surface area (Å²) >= 11 is 19.9. The number of aromatic nitrogens is 3. The molecule has 4 rings (SSSR count). The van der Waals surface area contributed by atoms with Crippen molar-refractivity contribution in [1.82, 2.24) is 15.0 Å². The zero-order valence-electron chi connectivity index (χ0n) is 20.9. The van der Waals surface area contributed by atoms with Crippen LogP contribution in [0.25, 0.3) is 0 Å². The Morgan fingerprint density at radius 1 is 0.667 bits per heavy atom. The van der Waals surface area contributed by atoms with Gasteiger partial charge < -0.3 is 0 Å². The molecule has 0 unspecified atom stereocenters. The van der Waals surface area contributed by atoms with Gasteiger partial charge in [-0.25, -0.2) is 0 Å². The predicted molar refractivity (Wildman–Crippen MR) is 160 cm³/mol. The molecule has 4 heterocycles. The molecule has 0 amide bonds. The molecule has 0 aromatic carbocycles. The van der Waals surface area contributed by atoms with E-state index >= 15 is 0 Å². The summed E-state index contributed by atoms with van der Waals surface area (Å²) in [6.45, 7) is 15.6. The molecular weight excluding hydrogens is 640 g/mol. The molecule has 3 fully saturated rings. The van der Waals surface area contributed by atoms with Gasteiger partial charge in [0.1, 0.15) is 0 Å². The molecule has 18 heteroatoms. The van der Waals surface area contributed by atoms with Gasteiger partial charge in [0, 0.05) is 0 Å². The van der Waals surface area contributed by atoms with E-state index in [2.05, 4.69) is 56.5 Å². The normalized spacial score (nSPS) is 28.8. The van der Waals surface area contributed by atoms with E-state index in [1.165, 1.54) is 34.1 Å². The molecular formula is C18H32N3O6P3S6. The van der Waals surface area contributed by atoms with E-state index in [0.29, 0.717) is 55.1 Å². The number of thiol groups is 1. The van der Waals surface area contributed by atoms with Crippen molar-refractivity contribution in [3.63, 3.8) is 0 Å². The van der Waals surface area contributed by atoms with Crippen molar-refractivity contribution in [2.75, 3.05) is 39.6 Å². The summed E-state index contributed by atoms with van der Waals surface area (Å²) in [7, 11) is 0. The Hall–Kier alpha value is 1.90. The second-order valence-corrected chi connectivity index (χ2v) is 30.3. The molecule has 3 saturated heterocycles. The summed E-state index contributed by atoms with van der Waals surface area (Å²) in [6.07, 6.45) is -2.91. The summed E-state index contributed by atoms with van der Waals surface area (Å²) in [6, 6.07) is 0. The fourth-order valence-electron chi connectivity index (χ4n) is 2.76. The molecule has 0 spiro atoms. The maximum atomic E-state index is 6.05. The first kappa shape index (κ1) is 30.8. The standard InChI is InChI=1S/C18H32N3O6P3S6/c1-16(2)7-22-28(31,23-8-16)34-13-19-14(35-29(32)24-9-17(3,4)10-25-29)21-15(20-13)36-30(33)26-11-18(5,6)12-27-30/h28,31H,7-12H2,1-6H3. The van der Waals surface area contributed by atoms with E-state index in [0.717, 1.165) is 0 Å². The Bertz CT molecular complexity index is 996. The molecule has 36 heavy (non-hydrogen) atoms. The van der Waals surface area contributed by atoms with Crippen molar-refractivity contribution in [2.24, 2.45) is 16.2 Å². The molecule has 0 N–H and O–H groups in total. The molecule has 0 atom stereocenters. The summed E-state index contributed by atoms with van der Waals surface area (Å²) in [4.78, 5) is 13.9. The van der Waals surface area contributed by atoms with E-state index in [1.54, 1.807) is 0 Å². The van der Waals surface area contributed by atoms with Crippen LogP contribution in [0, 0.1) is 16.2 Å². The second kappa shape index (κ2) is 11.3. The van der Waals surface area contributed by atoms with Crippen molar-refractivity contribution in [3.05, 3.63) is 0 Å². The van der Waals surface area contributed by atoms with Crippen LogP contribution < -0.4 is 0 Å². The van der Waals surface area contributed by atoms with Crippen LogP contribution >= 0.6 is 63.9 Å². The van der Waals surface area contributed by atoms with Gasteiger partial charge in [0.25, 0.3) is 0 Å². The Morgan fingerprint density at radius 3 is 1.39 bits per heavy atom. The van der Waals surface area contributed by atoms with Gasteiger partial charge in [-0.05, 0) is 0 Å².